The zero-order valence-electron chi connectivity index (χ0n) is 22.7. The number of rotatable bonds is 6. The van der Waals surface area contributed by atoms with Gasteiger partial charge in [-0.3, -0.25) is 19.1 Å². The van der Waals surface area contributed by atoms with Crippen LogP contribution in [0.4, 0.5) is 5.82 Å². The van der Waals surface area contributed by atoms with E-state index in [0.717, 1.165) is 12.0 Å². The molecule has 3 amide bonds. The molecule has 3 aromatic heterocycles. The molecule has 0 spiro atoms. The van der Waals surface area contributed by atoms with Crippen LogP contribution in [-0.2, 0) is 16.1 Å². The van der Waals surface area contributed by atoms with Crippen molar-refractivity contribution in [1.29, 1.82) is 0 Å². The summed E-state index contributed by atoms with van der Waals surface area (Å²) in [5.74, 6) is -0.295. The fraction of sp³-hybridized carbons (Fsp3) is 0.321. The molecule has 4 heterocycles. The predicted octanol–water partition coefficient (Wildman–Crippen LogP) is 2.18. The summed E-state index contributed by atoms with van der Waals surface area (Å²) in [6.45, 7) is 5.52. The molecule has 2 radical (unpaired) electrons. The van der Waals surface area contributed by atoms with Crippen LogP contribution in [0.1, 0.15) is 41.6 Å². The third-order valence-electron chi connectivity index (χ3n) is 8.10. The molecule has 1 saturated carbocycles. The normalized spacial score (nSPS) is 21.1. The number of carbonyl (C=O) groups is 3. The molecule has 1 aliphatic carbocycles. The van der Waals surface area contributed by atoms with Gasteiger partial charge in [0.2, 0.25) is 11.8 Å². The largest absolute Gasteiger partial charge is 0.364 e. The van der Waals surface area contributed by atoms with Crippen LogP contribution >= 0.6 is 15.9 Å². The van der Waals surface area contributed by atoms with Gasteiger partial charge in [0.05, 0.1) is 5.52 Å². The van der Waals surface area contributed by atoms with Crippen LogP contribution in [0.15, 0.2) is 41.3 Å². The van der Waals surface area contributed by atoms with E-state index in [1.807, 2.05) is 13.0 Å². The zero-order valence-corrected chi connectivity index (χ0v) is 24.3. The van der Waals surface area contributed by atoms with E-state index in [4.69, 9.17) is 13.6 Å². The Labute approximate surface area is 245 Å². The van der Waals surface area contributed by atoms with Crippen molar-refractivity contribution in [3.8, 4) is 11.1 Å². The molecular weight excluding hydrogens is 587 g/mol. The van der Waals surface area contributed by atoms with Crippen LogP contribution in [0, 0.1) is 19.3 Å². The number of aromatic nitrogens is 5. The lowest BCUT2D eigenvalue weighted by Gasteiger charge is -2.27. The smallest absolute Gasteiger partial charge is 0.269 e. The number of piperidine rings is 1. The first-order valence-corrected chi connectivity index (χ1v) is 13.9. The van der Waals surface area contributed by atoms with Crippen LogP contribution in [0.25, 0.3) is 22.0 Å². The minimum Gasteiger partial charge on any atom is -0.364 e. The second kappa shape index (κ2) is 9.76. The quantitative estimate of drug-likeness (QED) is 0.250. The number of anilines is 1. The van der Waals surface area contributed by atoms with Gasteiger partial charge in [-0.2, -0.15) is 5.10 Å². The monoisotopic (exact) mass is 612 g/mol. The summed E-state index contributed by atoms with van der Waals surface area (Å²) in [6, 6.07) is 6.44. The maximum absolute atomic E-state index is 13.8. The Hall–Kier alpha value is -4.13. The summed E-state index contributed by atoms with van der Waals surface area (Å²) in [5.41, 5.74) is 8.37. The van der Waals surface area contributed by atoms with Gasteiger partial charge in [0.1, 0.15) is 36.7 Å². The molecule has 3 atom stereocenters. The van der Waals surface area contributed by atoms with E-state index in [-0.39, 0.29) is 41.0 Å². The summed E-state index contributed by atoms with van der Waals surface area (Å²) in [5, 5.41) is 7.64. The molecule has 2 aliphatic rings. The third-order valence-corrected chi connectivity index (χ3v) is 8.54. The molecule has 41 heavy (non-hydrogen) atoms. The number of nitrogens with two attached hydrogens (primary N) is 1. The van der Waals surface area contributed by atoms with Crippen LogP contribution in [0.5, 0.6) is 0 Å². The highest BCUT2D eigenvalue weighted by molar-refractivity contribution is 9.10. The van der Waals surface area contributed by atoms with E-state index < -0.39 is 11.9 Å². The Balaban J connectivity index is 1.32. The highest BCUT2D eigenvalue weighted by atomic mass is 79.9. The molecule has 2 fully saturated rings. The average molecular weight is 613 g/mol. The number of aryl methyl sites for hydroxylation is 2. The Morgan fingerprint density at radius 3 is 2.59 bits per heavy atom. The highest BCUT2D eigenvalue weighted by Crippen LogP contribution is 2.59. The van der Waals surface area contributed by atoms with E-state index in [1.165, 1.54) is 4.68 Å². The number of carbonyl (C=O) groups excluding carboxylic acids is 3. The fourth-order valence-corrected chi connectivity index (χ4v) is 6.08. The maximum atomic E-state index is 13.8. The maximum Gasteiger partial charge on any atom is 0.269 e. The molecule has 3 N–H and O–H groups in total. The van der Waals surface area contributed by atoms with Gasteiger partial charge in [-0.25, -0.2) is 15.0 Å². The fourth-order valence-electron chi connectivity index (χ4n) is 5.77. The first-order chi connectivity index (χ1) is 19.5. The molecule has 206 valence electrons. The molecule has 1 aliphatic heterocycles. The second-order valence-corrected chi connectivity index (χ2v) is 11.8. The number of nitrogens with zero attached hydrogens (tertiary/aromatic N) is 6. The lowest BCUT2D eigenvalue weighted by atomic mass is 9.84. The molecule has 1 saturated heterocycles. The summed E-state index contributed by atoms with van der Waals surface area (Å²) >= 11 is 3.34. The van der Waals surface area contributed by atoms with Gasteiger partial charge in [-0.15, -0.1) is 0 Å². The van der Waals surface area contributed by atoms with E-state index in [1.54, 1.807) is 42.4 Å². The van der Waals surface area contributed by atoms with Gasteiger partial charge in [-0.05, 0) is 71.3 Å². The molecule has 0 bridgehead atoms. The topological polar surface area (TPSA) is 149 Å². The number of fused-ring (bicyclic) bond motifs is 2. The van der Waals surface area contributed by atoms with Crippen LogP contribution < -0.4 is 16.5 Å². The van der Waals surface area contributed by atoms with Gasteiger partial charge in [0, 0.05) is 29.4 Å². The van der Waals surface area contributed by atoms with E-state index >= 15 is 0 Å². The number of likely N-dealkylation sites (tertiary alicyclic amines) is 1. The SMILES string of the molecule is [B]c1c(-c2cnc(C)nc2)ccc2c1c(C(N)=O)nn2CC(=O)N1C(C(=O)Nc2nc(Br)ccc2C)C[C@@]2(C)C[C@@H]12. The summed E-state index contributed by atoms with van der Waals surface area (Å²) in [4.78, 5) is 54.1. The predicted molar refractivity (Wildman–Crippen MR) is 156 cm³/mol. The molecule has 13 heteroatoms. The summed E-state index contributed by atoms with van der Waals surface area (Å²) < 4.78 is 2.03. The van der Waals surface area contributed by atoms with Crippen molar-refractivity contribution < 1.29 is 14.4 Å². The number of pyridine rings is 1. The van der Waals surface area contributed by atoms with Crippen LogP contribution in [0.2, 0.25) is 0 Å². The first kappa shape index (κ1) is 27.1. The lowest BCUT2D eigenvalue weighted by Crippen LogP contribution is -2.47. The Bertz CT molecular complexity index is 1760. The number of hydrogen-bond acceptors (Lipinski definition) is 7. The number of primary amides is 1. The van der Waals surface area contributed by atoms with Crippen molar-refractivity contribution in [3.05, 3.63) is 58.3 Å². The lowest BCUT2D eigenvalue weighted by molar-refractivity contribution is -0.138. The number of halogens is 1. The molecule has 11 nitrogen and oxygen atoms in total. The number of hydrogen-bond donors (Lipinski definition) is 2. The standard InChI is InChI=1S/C28H26BBrN8O3/c1-13-4-7-20(30)34-26(13)35-27(41)18-8-28(3)9-19(28)38(18)21(39)12-37-17-6-5-16(15-10-32-14(2)33-11-15)23(29)22(17)24(36-37)25(31)40/h4-7,10-11,18-19H,8-9,12H2,1-3H3,(H2,31,40)(H,34,35,41)/t18?,19-,28+/m1/s1. The van der Waals surface area contributed by atoms with Crippen LogP contribution in [-0.4, -0.2) is 67.3 Å². The second-order valence-electron chi connectivity index (χ2n) is 11.0. The van der Waals surface area contributed by atoms with Gasteiger partial charge in [0.25, 0.3) is 5.91 Å². The Morgan fingerprint density at radius 1 is 1.15 bits per heavy atom. The zero-order chi connectivity index (χ0) is 29.2. The van der Waals surface area contributed by atoms with E-state index in [2.05, 4.69) is 48.2 Å². The number of amides is 3. The molecule has 1 unspecified atom stereocenters. The van der Waals surface area contributed by atoms with Crippen LogP contribution in [0.3, 0.4) is 0 Å². The van der Waals surface area contributed by atoms with Crippen molar-refractivity contribution in [2.24, 2.45) is 11.1 Å². The van der Waals surface area contributed by atoms with Gasteiger partial charge >= 0.3 is 0 Å². The number of benzene rings is 1. The average Bonchev–Trinajstić information content (AvgIpc) is 3.28. The Kier molecular flexibility index (Phi) is 6.44. The van der Waals surface area contributed by atoms with Gasteiger partial charge < -0.3 is 16.0 Å². The molecule has 6 rings (SSSR count). The first-order valence-electron chi connectivity index (χ1n) is 13.1. The summed E-state index contributed by atoms with van der Waals surface area (Å²) in [7, 11) is 6.52. The van der Waals surface area contributed by atoms with Crippen molar-refractivity contribution in [2.45, 2.75) is 52.2 Å². The minimum absolute atomic E-state index is 0.0386. The molecule has 4 aromatic rings. The summed E-state index contributed by atoms with van der Waals surface area (Å²) in [6.07, 6.45) is 4.66. The van der Waals surface area contributed by atoms with E-state index in [9.17, 15) is 14.4 Å². The Morgan fingerprint density at radius 2 is 1.88 bits per heavy atom. The minimum atomic E-state index is -0.768. The molecule has 1 aromatic carbocycles. The third kappa shape index (κ3) is 4.67. The van der Waals surface area contributed by atoms with Crippen molar-refractivity contribution in [3.63, 3.8) is 0 Å². The van der Waals surface area contributed by atoms with Crippen molar-refractivity contribution in [2.75, 3.05) is 5.32 Å². The van der Waals surface area contributed by atoms with Gasteiger partial charge in [-0.1, -0.05) is 24.5 Å². The number of nitrogens with one attached hydrogen (secondary N) is 1. The van der Waals surface area contributed by atoms with Gasteiger partial charge in [0.15, 0.2) is 5.69 Å². The van der Waals surface area contributed by atoms with Crippen molar-refractivity contribution in [1.82, 2.24) is 29.6 Å². The highest BCUT2D eigenvalue weighted by Gasteiger charge is 2.64. The van der Waals surface area contributed by atoms with E-state index in [0.29, 0.717) is 44.7 Å². The molecular formula is C28H26BBrN8O3. The van der Waals surface area contributed by atoms with Crippen molar-refractivity contribution >= 4 is 63.7 Å².